The Hall–Kier alpha value is -2.61. The third-order valence-corrected chi connectivity index (χ3v) is 5.46. The lowest BCUT2D eigenvalue weighted by molar-refractivity contribution is 0.102. The number of carbonyl (C=O) groups is 1. The second-order valence-corrected chi connectivity index (χ2v) is 7.97. The van der Waals surface area contributed by atoms with Crippen LogP contribution in [-0.4, -0.2) is 20.4 Å². The topological polar surface area (TPSA) is 71.8 Å². The fourth-order valence-corrected chi connectivity index (χ4v) is 3.54. The Morgan fingerprint density at radius 3 is 2.48 bits per heavy atom. The summed E-state index contributed by atoms with van der Waals surface area (Å²) in [7, 11) is 1.84. The van der Waals surface area contributed by atoms with E-state index in [1.54, 1.807) is 42.6 Å². The van der Waals surface area contributed by atoms with Crippen molar-refractivity contribution in [2.45, 2.75) is 0 Å². The lowest BCUT2D eigenvalue weighted by Gasteiger charge is -2.09. The second-order valence-electron chi connectivity index (χ2n) is 6.24. The number of nitrogens with zero attached hydrogens (tertiary/aromatic N) is 3. The minimum absolute atomic E-state index is 0.265. The molecule has 146 valence electrons. The molecule has 4 aromatic rings. The molecule has 2 N–H and O–H groups in total. The molecule has 1 amide bonds. The van der Waals surface area contributed by atoms with E-state index in [-0.39, 0.29) is 11.6 Å². The minimum atomic E-state index is -0.316. The molecule has 2 heterocycles. The van der Waals surface area contributed by atoms with Gasteiger partial charge < -0.3 is 15.2 Å². The van der Waals surface area contributed by atoms with Crippen molar-refractivity contribution in [1.29, 1.82) is 0 Å². The molecule has 4 rings (SSSR count). The number of hydrogen-bond donors (Lipinski definition) is 2. The van der Waals surface area contributed by atoms with Crippen molar-refractivity contribution in [3.63, 3.8) is 0 Å². The first-order chi connectivity index (χ1) is 13.9. The van der Waals surface area contributed by atoms with E-state index in [4.69, 9.17) is 23.2 Å². The molecule has 0 bridgehead atoms. The number of carbonyl (C=O) groups excluding carboxylic acids is 1. The average molecular weight is 491 g/mol. The number of pyridine rings is 1. The van der Waals surface area contributed by atoms with Crippen molar-refractivity contribution in [3.05, 3.63) is 74.9 Å². The fourth-order valence-electron chi connectivity index (χ4n) is 2.78. The predicted octanol–water partition coefficient (Wildman–Crippen LogP) is 6.03. The molecule has 2 aromatic carbocycles. The number of hydrogen-bond acceptors (Lipinski definition) is 4. The van der Waals surface area contributed by atoms with Crippen LogP contribution in [0, 0.1) is 0 Å². The minimum Gasteiger partial charge on any atom is -0.323 e. The van der Waals surface area contributed by atoms with Crippen LogP contribution in [0.1, 0.15) is 10.5 Å². The Morgan fingerprint density at radius 2 is 1.79 bits per heavy atom. The average Bonchev–Trinajstić information content (AvgIpc) is 3.01. The molecule has 0 radical (unpaired) electrons. The Morgan fingerprint density at radius 1 is 1.10 bits per heavy atom. The first kappa shape index (κ1) is 19.7. The van der Waals surface area contributed by atoms with Gasteiger partial charge in [0.1, 0.15) is 5.69 Å². The number of nitrogens with one attached hydrogen (secondary N) is 2. The molecular formula is C20H14BrCl2N5O. The Kier molecular flexibility index (Phi) is 5.45. The number of aryl methyl sites for hydroxylation is 1. The molecule has 0 saturated carbocycles. The highest BCUT2D eigenvalue weighted by atomic mass is 79.9. The normalized spacial score (nSPS) is 10.9. The van der Waals surface area contributed by atoms with Crippen LogP contribution in [0.5, 0.6) is 0 Å². The Bertz CT molecular complexity index is 1200. The number of para-hydroxylation sites is 1. The van der Waals surface area contributed by atoms with Gasteiger partial charge in [-0.1, -0.05) is 45.2 Å². The lowest BCUT2D eigenvalue weighted by atomic mass is 10.2. The van der Waals surface area contributed by atoms with Crippen LogP contribution in [0.15, 0.2) is 59.2 Å². The van der Waals surface area contributed by atoms with Crippen molar-refractivity contribution < 1.29 is 4.79 Å². The van der Waals surface area contributed by atoms with Crippen LogP contribution in [-0.2, 0) is 7.05 Å². The largest absolute Gasteiger partial charge is 0.323 e. The first-order valence-corrected chi connectivity index (χ1v) is 10.1. The SMILES string of the molecule is Cn1c(Nc2c(Cl)cccc2Cl)nc2cc(C(=O)Nc3ccc(Br)cc3)ncc21. The van der Waals surface area contributed by atoms with Gasteiger partial charge in [0.25, 0.3) is 5.91 Å². The smallest absolute Gasteiger partial charge is 0.274 e. The van der Waals surface area contributed by atoms with Crippen molar-refractivity contribution >= 4 is 73.4 Å². The molecule has 0 saturated heterocycles. The van der Waals surface area contributed by atoms with E-state index in [1.807, 2.05) is 23.7 Å². The Balaban J connectivity index is 1.63. The molecule has 2 aromatic heterocycles. The zero-order valence-electron chi connectivity index (χ0n) is 15.1. The van der Waals surface area contributed by atoms with E-state index in [0.29, 0.717) is 32.9 Å². The first-order valence-electron chi connectivity index (χ1n) is 8.53. The summed E-state index contributed by atoms with van der Waals surface area (Å²) < 4.78 is 2.75. The van der Waals surface area contributed by atoms with Gasteiger partial charge in [0.2, 0.25) is 5.95 Å². The lowest BCUT2D eigenvalue weighted by Crippen LogP contribution is -2.13. The summed E-state index contributed by atoms with van der Waals surface area (Å²) in [6.45, 7) is 0. The van der Waals surface area contributed by atoms with Crippen molar-refractivity contribution in [2.24, 2.45) is 7.05 Å². The van der Waals surface area contributed by atoms with Gasteiger partial charge in [0, 0.05) is 17.2 Å². The summed E-state index contributed by atoms with van der Waals surface area (Å²) in [5.41, 5.74) is 2.89. The maximum absolute atomic E-state index is 12.5. The van der Waals surface area contributed by atoms with Gasteiger partial charge in [-0.15, -0.1) is 0 Å². The van der Waals surface area contributed by atoms with Gasteiger partial charge in [0.15, 0.2) is 0 Å². The molecule has 9 heteroatoms. The quantitative estimate of drug-likeness (QED) is 0.366. The van der Waals surface area contributed by atoms with E-state index in [1.165, 1.54) is 0 Å². The zero-order valence-corrected chi connectivity index (χ0v) is 18.2. The van der Waals surface area contributed by atoms with Crippen LogP contribution < -0.4 is 10.6 Å². The molecule has 0 aliphatic heterocycles. The molecule has 29 heavy (non-hydrogen) atoms. The number of amides is 1. The molecule has 0 atom stereocenters. The highest BCUT2D eigenvalue weighted by molar-refractivity contribution is 9.10. The van der Waals surface area contributed by atoms with E-state index >= 15 is 0 Å². The van der Waals surface area contributed by atoms with Crippen LogP contribution >= 0.6 is 39.1 Å². The summed E-state index contributed by atoms with van der Waals surface area (Å²) in [6, 6.07) is 14.2. The number of rotatable bonds is 4. The summed E-state index contributed by atoms with van der Waals surface area (Å²) in [5.74, 6) is 0.214. The molecule has 0 aliphatic carbocycles. The number of aromatic nitrogens is 3. The molecule has 0 unspecified atom stereocenters. The summed E-state index contributed by atoms with van der Waals surface area (Å²) in [4.78, 5) is 21.4. The zero-order chi connectivity index (χ0) is 20.5. The molecular weight excluding hydrogens is 477 g/mol. The van der Waals surface area contributed by atoms with Gasteiger partial charge in [-0.2, -0.15) is 0 Å². The van der Waals surface area contributed by atoms with E-state index in [2.05, 4.69) is 36.5 Å². The Labute approximate surface area is 185 Å². The van der Waals surface area contributed by atoms with E-state index < -0.39 is 0 Å². The van der Waals surface area contributed by atoms with Crippen molar-refractivity contribution in [3.8, 4) is 0 Å². The van der Waals surface area contributed by atoms with Crippen LogP contribution in [0.2, 0.25) is 10.0 Å². The maximum Gasteiger partial charge on any atom is 0.274 e. The molecule has 6 nitrogen and oxygen atoms in total. The van der Waals surface area contributed by atoms with Gasteiger partial charge in [0.05, 0.1) is 33.0 Å². The highest BCUT2D eigenvalue weighted by Crippen LogP contribution is 2.33. The summed E-state index contributed by atoms with van der Waals surface area (Å²) >= 11 is 15.8. The fraction of sp³-hybridized carbons (Fsp3) is 0.0500. The number of halogens is 3. The third-order valence-electron chi connectivity index (χ3n) is 4.30. The number of imidazole rings is 1. The molecule has 0 spiro atoms. The number of anilines is 3. The van der Waals surface area contributed by atoms with Crippen molar-refractivity contribution in [2.75, 3.05) is 10.6 Å². The van der Waals surface area contributed by atoms with Crippen molar-refractivity contribution in [1.82, 2.24) is 14.5 Å². The standard InChI is InChI=1S/C20H14BrCl2N5O/c1-28-17-10-24-16(19(29)25-12-7-5-11(21)6-8-12)9-15(17)26-20(28)27-18-13(22)3-2-4-14(18)23/h2-10H,1H3,(H,25,29)(H,26,27). The number of benzene rings is 2. The maximum atomic E-state index is 12.5. The van der Waals surface area contributed by atoms with Gasteiger partial charge in [-0.3, -0.25) is 4.79 Å². The van der Waals surface area contributed by atoms with Gasteiger partial charge in [-0.05, 0) is 42.5 Å². The second kappa shape index (κ2) is 8.02. The van der Waals surface area contributed by atoms with E-state index in [0.717, 1.165) is 9.99 Å². The van der Waals surface area contributed by atoms with Crippen LogP contribution in [0.25, 0.3) is 11.0 Å². The van der Waals surface area contributed by atoms with Crippen LogP contribution in [0.3, 0.4) is 0 Å². The number of fused-ring (bicyclic) bond motifs is 1. The predicted molar refractivity (Wildman–Crippen MR) is 120 cm³/mol. The highest BCUT2D eigenvalue weighted by Gasteiger charge is 2.15. The van der Waals surface area contributed by atoms with E-state index in [9.17, 15) is 4.79 Å². The molecule has 0 aliphatic rings. The monoisotopic (exact) mass is 489 g/mol. The molecule has 0 fully saturated rings. The summed E-state index contributed by atoms with van der Waals surface area (Å²) in [5, 5.41) is 6.93. The third kappa shape index (κ3) is 4.07. The van der Waals surface area contributed by atoms with Gasteiger partial charge >= 0.3 is 0 Å². The van der Waals surface area contributed by atoms with Crippen LogP contribution in [0.4, 0.5) is 17.3 Å². The van der Waals surface area contributed by atoms with Gasteiger partial charge in [-0.25, -0.2) is 9.97 Å². The summed E-state index contributed by atoms with van der Waals surface area (Å²) in [6.07, 6.45) is 1.61.